The lowest BCUT2D eigenvalue weighted by Crippen LogP contribution is -2.35. The van der Waals surface area contributed by atoms with E-state index in [4.69, 9.17) is 10.7 Å². The highest BCUT2D eigenvalue weighted by Crippen LogP contribution is 2.35. The summed E-state index contributed by atoms with van der Waals surface area (Å²) < 4.78 is 0. The molecule has 2 N–H and O–H groups in total. The van der Waals surface area contributed by atoms with Gasteiger partial charge in [0, 0.05) is 24.0 Å². The largest absolute Gasteiger partial charge is 0.397 e. The minimum Gasteiger partial charge on any atom is -0.397 e. The maximum Gasteiger partial charge on any atom is 0.266 e. The average molecular weight is 385 g/mol. The van der Waals surface area contributed by atoms with E-state index in [1.54, 1.807) is 0 Å². The van der Waals surface area contributed by atoms with Gasteiger partial charge in [-0.15, -0.1) is 11.3 Å². The summed E-state index contributed by atoms with van der Waals surface area (Å²) >= 11 is 1.39. The minimum atomic E-state index is -0.00346. The lowest BCUT2D eigenvalue weighted by atomic mass is 10.00. The lowest BCUT2D eigenvalue weighted by Gasteiger charge is -2.28. The number of rotatable bonds is 2. The van der Waals surface area contributed by atoms with E-state index in [-0.39, 0.29) is 5.91 Å². The third-order valence-electron chi connectivity index (χ3n) is 5.28. The molecule has 4 nitrogen and oxygen atoms in total. The van der Waals surface area contributed by atoms with Crippen molar-refractivity contribution in [2.45, 2.75) is 13.0 Å². The molecular formula is C23H19N3OS. The van der Waals surface area contributed by atoms with Gasteiger partial charge in [-0.1, -0.05) is 54.6 Å². The number of hydrogen-bond donors (Lipinski definition) is 1. The number of hydrogen-bond acceptors (Lipinski definition) is 4. The molecule has 0 unspecified atom stereocenters. The summed E-state index contributed by atoms with van der Waals surface area (Å²) in [7, 11) is 0. The summed E-state index contributed by atoms with van der Waals surface area (Å²) in [6, 6.07) is 22.3. The van der Waals surface area contributed by atoms with Crippen LogP contribution in [0.4, 0.5) is 5.69 Å². The molecule has 2 aromatic carbocycles. The van der Waals surface area contributed by atoms with Crippen molar-refractivity contribution in [2.75, 3.05) is 12.3 Å². The molecule has 1 amide bonds. The minimum absolute atomic E-state index is 0.00346. The summed E-state index contributed by atoms with van der Waals surface area (Å²) in [6.45, 7) is 1.34. The van der Waals surface area contributed by atoms with Crippen LogP contribution in [0, 0.1) is 0 Å². The monoisotopic (exact) mass is 385 g/mol. The number of anilines is 1. The van der Waals surface area contributed by atoms with E-state index < -0.39 is 0 Å². The molecule has 5 heteroatoms. The highest BCUT2D eigenvalue weighted by atomic mass is 32.1. The number of amides is 1. The van der Waals surface area contributed by atoms with Gasteiger partial charge in [-0.05, 0) is 29.7 Å². The zero-order valence-corrected chi connectivity index (χ0v) is 16.1. The van der Waals surface area contributed by atoms with Crippen molar-refractivity contribution in [3.05, 3.63) is 82.7 Å². The van der Waals surface area contributed by atoms with Crippen LogP contribution in [0.5, 0.6) is 0 Å². The van der Waals surface area contributed by atoms with E-state index >= 15 is 0 Å². The van der Waals surface area contributed by atoms with E-state index in [0.717, 1.165) is 27.9 Å². The molecular weight excluding hydrogens is 366 g/mol. The van der Waals surface area contributed by atoms with Crippen molar-refractivity contribution in [3.63, 3.8) is 0 Å². The maximum absolute atomic E-state index is 13.2. The number of fused-ring (bicyclic) bond motifs is 2. The maximum atomic E-state index is 13.2. The van der Waals surface area contributed by atoms with Crippen molar-refractivity contribution < 1.29 is 4.79 Å². The van der Waals surface area contributed by atoms with Crippen LogP contribution >= 0.6 is 11.3 Å². The van der Waals surface area contributed by atoms with Gasteiger partial charge in [0.1, 0.15) is 9.71 Å². The number of carbonyl (C=O) groups is 1. The Morgan fingerprint density at radius 2 is 1.71 bits per heavy atom. The summed E-state index contributed by atoms with van der Waals surface area (Å²) in [6.07, 6.45) is 0.878. The lowest BCUT2D eigenvalue weighted by molar-refractivity contribution is 0.0740. The second-order valence-corrected chi connectivity index (χ2v) is 8.00. The number of nitrogens with two attached hydrogens (primary N) is 1. The molecule has 28 heavy (non-hydrogen) atoms. The van der Waals surface area contributed by atoms with Crippen molar-refractivity contribution in [1.29, 1.82) is 0 Å². The molecule has 2 aromatic heterocycles. The fourth-order valence-electron chi connectivity index (χ4n) is 3.74. The molecule has 0 atom stereocenters. The Kier molecular flexibility index (Phi) is 4.10. The topological polar surface area (TPSA) is 59.2 Å². The van der Waals surface area contributed by atoms with Gasteiger partial charge in [0.05, 0.1) is 11.4 Å². The molecule has 1 aliphatic rings. The van der Waals surface area contributed by atoms with Crippen LogP contribution in [0.15, 0.2) is 66.7 Å². The molecule has 3 heterocycles. The zero-order valence-electron chi connectivity index (χ0n) is 15.3. The standard InChI is InChI=1S/C23H19N3OS/c24-20-18-10-11-19(16-7-2-1-3-8-16)25-22(18)28-21(20)23(27)26-13-12-15-6-4-5-9-17(15)14-26/h1-11H,12-14,24H2. The van der Waals surface area contributed by atoms with Crippen LogP contribution in [0.3, 0.4) is 0 Å². The first kappa shape index (κ1) is 17.0. The number of pyridine rings is 1. The van der Waals surface area contributed by atoms with Gasteiger partial charge in [-0.2, -0.15) is 0 Å². The second kappa shape index (κ2) is 6.77. The number of nitrogens with zero attached hydrogens (tertiary/aromatic N) is 2. The predicted molar refractivity (Wildman–Crippen MR) is 114 cm³/mol. The van der Waals surface area contributed by atoms with Gasteiger partial charge in [0.25, 0.3) is 5.91 Å². The van der Waals surface area contributed by atoms with Crippen LogP contribution in [0.1, 0.15) is 20.8 Å². The van der Waals surface area contributed by atoms with Gasteiger partial charge >= 0.3 is 0 Å². The molecule has 0 bridgehead atoms. The van der Waals surface area contributed by atoms with Crippen molar-refractivity contribution in [3.8, 4) is 11.3 Å². The van der Waals surface area contributed by atoms with E-state index in [1.165, 1.54) is 22.5 Å². The normalized spacial score (nSPS) is 13.5. The summed E-state index contributed by atoms with van der Waals surface area (Å²) in [5.74, 6) is -0.00346. The number of aromatic nitrogens is 1. The SMILES string of the molecule is Nc1c(C(=O)N2CCc3ccccc3C2)sc2nc(-c3ccccc3)ccc12. The van der Waals surface area contributed by atoms with Gasteiger partial charge in [0.15, 0.2) is 0 Å². The molecule has 138 valence electrons. The molecule has 0 radical (unpaired) electrons. The summed E-state index contributed by atoms with van der Waals surface area (Å²) in [5, 5.41) is 0.852. The van der Waals surface area contributed by atoms with Crippen LogP contribution in [0.25, 0.3) is 21.5 Å². The summed E-state index contributed by atoms with van der Waals surface area (Å²) in [5.41, 5.74) is 11.4. The Balaban J connectivity index is 1.49. The van der Waals surface area contributed by atoms with E-state index in [1.807, 2.05) is 53.4 Å². The molecule has 0 aliphatic carbocycles. The zero-order chi connectivity index (χ0) is 19.1. The van der Waals surface area contributed by atoms with Crippen molar-refractivity contribution >= 4 is 33.1 Å². The fourth-order valence-corrected chi connectivity index (χ4v) is 4.80. The van der Waals surface area contributed by atoms with Gasteiger partial charge < -0.3 is 10.6 Å². The molecule has 0 saturated carbocycles. The predicted octanol–water partition coefficient (Wildman–Crippen LogP) is 4.74. The quantitative estimate of drug-likeness (QED) is 0.542. The first-order valence-electron chi connectivity index (χ1n) is 9.31. The molecule has 0 fully saturated rings. The number of thiophene rings is 1. The van der Waals surface area contributed by atoms with E-state index in [2.05, 4.69) is 18.2 Å². The first-order chi connectivity index (χ1) is 13.7. The third-order valence-corrected chi connectivity index (χ3v) is 6.38. The second-order valence-electron chi connectivity index (χ2n) is 7.01. The molecule has 4 aromatic rings. The Hall–Kier alpha value is -3.18. The van der Waals surface area contributed by atoms with Crippen LogP contribution in [0.2, 0.25) is 0 Å². The van der Waals surface area contributed by atoms with Crippen molar-refractivity contribution in [1.82, 2.24) is 9.88 Å². The van der Waals surface area contributed by atoms with Crippen molar-refractivity contribution in [2.24, 2.45) is 0 Å². The Morgan fingerprint density at radius 3 is 2.54 bits per heavy atom. The van der Waals surface area contributed by atoms with Gasteiger partial charge in [-0.3, -0.25) is 4.79 Å². The molecule has 0 spiro atoms. The molecule has 1 aliphatic heterocycles. The fraction of sp³-hybridized carbons (Fsp3) is 0.130. The number of nitrogen functional groups attached to an aromatic ring is 1. The highest BCUT2D eigenvalue weighted by Gasteiger charge is 2.26. The number of carbonyl (C=O) groups excluding carboxylic acids is 1. The average Bonchev–Trinajstić information content (AvgIpc) is 3.09. The summed E-state index contributed by atoms with van der Waals surface area (Å²) in [4.78, 5) is 21.2. The Bertz CT molecular complexity index is 1180. The highest BCUT2D eigenvalue weighted by molar-refractivity contribution is 7.21. The van der Waals surface area contributed by atoms with E-state index in [0.29, 0.717) is 23.7 Å². The molecule has 5 rings (SSSR count). The van der Waals surface area contributed by atoms with Gasteiger partial charge in [0.2, 0.25) is 0 Å². The van der Waals surface area contributed by atoms with Gasteiger partial charge in [-0.25, -0.2) is 4.98 Å². The van der Waals surface area contributed by atoms with Crippen LogP contribution < -0.4 is 5.73 Å². The molecule has 0 saturated heterocycles. The Labute approximate surface area is 167 Å². The Morgan fingerprint density at radius 1 is 0.964 bits per heavy atom. The van der Waals surface area contributed by atoms with Crippen LogP contribution in [-0.2, 0) is 13.0 Å². The van der Waals surface area contributed by atoms with Crippen LogP contribution in [-0.4, -0.2) is 22.3 Å². The third kappa shape index (κ3) is 2.84. The smallest absolute Gasteiger partial charge is 0.266 e. The van der Waals surface area contributed by atoms with E-state index in [9.17, 15) is 4.79 Å². The number of benzene rings is 2. The first-order valence-corrected chi connectivity index (χ1v) is 10.1.